The van der Waals surface area contributed by atoms with Crippen molar-refractivity contribution in [3.63, 3.8) is 0 Å². The second-order valence-corrected chi connectivity index (χ2v) is 13.8. The number of fused-ring (bicyclic) bond motifs is 2. The van der Waals surface area contributed by atoms with Crippen molar-refractivity contribution in [1.29, 1.82) is 0 Å². The molecule has 8 nitrogen and oxygen atoms in total. The van der Waals surface area contributed by atoms with E-state index < -0.39 is 42.8 Å². The van der Waals surface area contributed by atoms with E-state index in [1.807, 2.05) is 27.7 Å². The van der Waals surface area contributed by atoms with Crippen LogP contribution in [0.1, 0.15) is 38.8 Å². The van der Waals surface area contributed by atoms with E-state index in [0.717, 1.165) is 11.1 Å². The summed E-state index contributed by atoms with van der Waals surface area (Å²) in [5.74, 6) is -1.41. The number of anilines is 1. The molecular formula is C25H26Cl2KN2O6S2+. The first kappa shape index (κ1) is 31.9. The molecule has 0 atom stereocenters. The minimum absolute atomic E-state index is 0. The standard InChI is InChI=1S/C25H26Cl2N2O6S2.K/c1-24(2)18-12-16(26)8-10-20(18)28(14-36(30,31)32)22(24)6-5-7-23-25(3,4)19-13-17(27)9-11-21(19)29(23)15-37(33,34)35;/h5-13H,14-15H2,1-4H3,(H-,30,31,32,33,34,35);/q;+1. The molecule has 2 aromatic carbocycles. The average Bonchev–Trinajstić information content (AvgIpc) is 3.05. The van der Waals surface area contributed by atoms with E-state index in [1.54, 1.807) is 54.6 Å². The Kier molecular flexibility index (Phi) is 9.26. The summed E-state index contributed by atoms with van der Waals surface area (Å²) in [5.41, 5.74) is 2.51. The molecule has 2 aromatic rings. The number of hydrogen-bond donors (Lipinski definition) is 1. The fourth-order valence-electron chi connectivity index (χ4n) is 5.13. The third-order valence-corrected chi connectivity index (χ3v) is 8.42. The number of halogens is 2. The number of nitrogens with zero attached hydrogens (tertiary/aromatic N) is 2. The zero-order chi connectivity index (χ0) is 27.6. The van der Waals surface area contributed by atoms with Gasteiger partial charge in [-0.05, 0) is 55.8 Å². The van der Waals surface area contributed by atoms with Crippen LogP contribution in [0.5, 0.6) is 0 Å². The molecule has 1 N–H and O–H groups in total. The van der Waals surface area contributed by atoms with Gasteiger partial charge in [-0.25, -0.2) is 8.42 Å². The molecule has 2 aliphatic rings. The Morgan fingerprint density at radius 3 is 2.13 bits per heavy atom. The Morgan fingerprint density at radius 1 is 0.974 bits per heavy atom. The molecule has 0 bridgehead atoms. The van der Waals surface area contributed by atoms with Crippen LogP contribution in [-0.4, -0.2) is 48.0 Å². The molecule has 0 saturated carbocycles. The van der Waals surface area contributed by atoms with Gasteiger partial charge in [-0.3, -0.25) is 4.55 Å². The molecule has 198 valence electrons. The van der Waals surface area contributed by atoms with Gasteiger partial charge in [-0.15, -0.1) is 0 Å². The summed E-state index contributed by atoms with van der Waals surface area (Å²) in [6.07, 6.45) is 5.09. The molecule has 2 aliphatic heterocycles. The number of allylic oxidation sites excluding steroid dienone is 4. The molecule has 0 fully saturated rings. The van der Waals surface area contributed by atoms with E-state index in [-0.39, 0.29) is 51.4 Å². The first-order chi connectivity index (χ1) is 16.9. The summed E-state index contributed by atoms with van der Waals surface area (Å²) in [5, 5.41) is 0.971. The van der Waals surface area contributed by atoms with E-state index in [0.29, 0.717) is 32.8 Å². The first-order valence-corrected chi connectivity index (χ1v) is 15.2. The van der Waals surface area contributed by atoms with E-state index in [1.165, 1.54) is 9.48 Å². The van der Waals surface area contributed by atoms with Gasteiger partial charge in [0.2, 0.25) is 11.6 Å². The normalized spacial score (nSPS) is 19.2. The second-order valence-electron chi connectivity index (χ2n) is 10.1. The quantitative estimate of drug-likeness (QED) is 0.297. The fraction of sp³-hybridized carbons (Fsp3) is 0.320. The SMILES string of the molecule is CC1(C)C(/C=C/C=C2/N(CS(=O)(=O)O)c3ccc(Cl)cc3C2(C)C)=[N+](CS(=O)(=O)[O-])c2ccc(Cl)cc21.[K+]. The molecule has 13 heteroatoms. The van der Waals surface area contributed by atoms with Crippen LogP contribution in [0.4, 0.5) is 11.4 Å². The Labute approximate surface area is 275 Å². The van der Waals surface area contributed by atoms with Gasteiger partial charge in [0.25, 0.3) is 10.1 Å². The Bertz CT molecular complexity index is 1610. The van der Waals surface area contributed by atoms with Crippen molar-refractivity contribution in [3.05, 3.63) is 81.5 Å². The Hall–Kier alpha value is -0.574. The zero-order valence-corrected chi connectivity index (χ0v) is 27.8. The van der Waals surface area contributed by atoms with Crippen molar-refractivity contribution in [3.8, 4) is 0 Å². The van der Waals surface area contributed by atoms with Gasteiger partial charge in [-0.1, -0.05) is 43.1 Å². The summed E-state index contributed by atoms with van der Waals surface area (Å²) in [7, 11) is -8.99. The molecule has 0 aromatic heterocycles. The number of rotatable bonds is 6. The predicted octanol–water partition coefficient (Wildman–Crippen LogP) is 1.96. The van der Waals surface area contributed by atoms with E-state index in [4.69, 9.17) is 23.2 Å². The van der Waals surface area contributed by atoms with Gasteiger partial charge >= 0.3 is 51.4 Å². The molecule has 4 rings (SSSR count). The molecule has 0 unspecified atom stereocenters. The molecule has 38 heavy (non-hydrogen) atoms. The monoisotopic (exact) mass is 623 g/mol. The number of hydrogen-bond acceptors (Lipinski definition) is 6. The molecule has 0 spiro atoms. The van der Waals surface area contributed by atoms with Crippen molar-refractivity contribution in [2.24, 2.45) is 0 Å². The summed E-state index contributed by atoms with van der Waals surface area (Å²) in [6.45, 7) is 7.61. The van der Waals surface area contributed by atoms with E-state index >= 15 is 0 Å². The minimum atomic E-state index is -4.61. The van der Waals surface area contributed by atoms with Crippen LogP contribution in [0.3, 0.4) is 0 Å². The molecule has 0 saturated heterocycles. The maximum absolute atomic E-state index is 11.9. The van der Waals surface area contributed by atoms with Crippen LogP contribution in [0, 0.1) is 0 Å². The predicted molar refractivity (Wildman–Crippen MR) is 145 cm³/mol. The largest absolute Gasteiger partial charge is 1.00 e. The number of benzene rings is 2. The van der Waals surface area contributed by atoms with Gasteiger partial charge in [0.15, 0.2) is 21.7 Å². The summed E-state index contributed by atoms with van der Waals surface area (Å²) < 4.78 is 70.0. The van der Waals surface area contributed by atoms with E-state index in [2.05, 4.69) is 0 Å². The summed E-state index contributed by atoms with van der Waals surface area (Å²) in [4.78, 5) is 1.50. The fourth-order valence-corrected chi connectivity index (χ4v) is 6.67. The maximum Gasteiger partial charge on any atom is 1.00 e. The Morgan fingerprint density at radius 2 is 1.55 bits per heavy atom. The van der Waals surface area contributed by atoms with Gasteiger partial charge in [0.05, 0.1) is 5.41 Å². The van der Waals surface area contributed by atoms with Crippen molar-refractivity contribution in [2.75, 3.05) is 16.7 Å². The second kappa shape index (κ2) is 11.0. The summed E-state index contributed by atoms with van der Waals surface area (Å²) >= 11 is 12.4. The average molecular weight is 625 g/mol. The van der Waals surface area contributed by atoms with Crippen molar-refractivity contribution in [1.82, 2.24) is 0 Å². The smallest absolute Gasteiger partial charge is 0.743 e. The van der Waals surface area contributed by atoms with Crippen LogP contribution in [-0.2, 0) is 31.1 Å². The van der Waals surface area contributed by atoms with Crippen molar-refractivity contribution >= 4 is 60.5 Å². The molecular weight excluding hydrogens is 598 g/mol. The maximum atomic E-state index is 11.9. The van der Waals surface area contributed by atoms with Gasteiger partial charge in [0, 0.05) is 44.6 Å². The molecule has 2 heterocycles. The zero-order valence-electron chi connectivity index (χ0n) is 21.6. The van der Waals surface area contributed by atoms with Gasteiger partial charge < -0.3 is 9.45 Å². The van der Waals surface area contributed by atoms with Gasteiger partial charge in [-0.2, -0.15) is 13.0 Å². The van der Waals surface area contributed by atoms with Crippen molar-refractivity contribution in [2.45, 2.75) is 38.5 Å². The van der Waals surface area contributed by atoms with Crippen molar-refractivity contribution < 1.29 is 81.9 Å². The third kappa shape index (κ3) is 6.33. The van der Waals surface area contributed by atoms with E-state index in [9.17, 15) is 25.9 Å². The first-order valence-electron chi connectivity index (χ1n) is 11.2. The summed E-state index contributed by atoms with van der Waals surface area (Å²) in [6, 6.07) is 10.2. The molecule has 0 radical (unpaired) electrons. The van der Waals surface area contributed by atoms with Crippen LogP contribution in [0.25, 0.3) is 0 Å². The van der Waals surface area contributed by atoms with Crippen LogP contribution < -0.4 is 56.3 Å². The third-order valence-electron chi connectivity index (χ3n) is 6.80. The van der Waals surface area contributed by atoms with Gasteiger partial charge in [0.1, 0.15) is 0 Å². The van der Waals surface area contributed by atoms with Crippen LogP contribution >= 0.6 is 23.2 Å². The minimum Gasteiger partial charge on any atom is -0.743 e. The topological polar surface area (TPSA) is 118 Å². The molecule has 0 amide bonds. The van der Waals surface area contributed by atoms with Crippen LogP contribution in [0.2, 0.25) is 10.0 Å². The van der Waals surface area contributed by atoms with Crippen LogP contribution in [0.15, 0.2) is 60.3 Å². The molecule has 0 aliphatic carbocycles. The Balaban J connectivity index is 0.00000400.